The van der Waals surface area contributed by atoms with Gasteiger partial charge >= 0.3 is 0 Å². The van der Waals surface area contributed by atoms with E-state index in [-0.39, 0.29) is 17.5 Å². The number of hydrogen-bond acceptors (Lipinski definition) is 0. The lowest BCUT2D eigenvalue weighted by molar-refractivity contribution is 1.41. The molecule has 5 heavy (non-hydrogen) atoms. The van der Waals surface area contributed by atoms with Crippen LogP contribution in [0.3, 0.4) is 0 Å². The first-order valence-corrected chi connectivity index (χ1v) is 2.23. The molecule has 2 unspecified atom stereocenters. The van der Waals surface area contributed by atoms with E-state index in [1.165, 1.54) is 0 Å². The van der Waals surface area contributed by atoms with E-state index in [2.05, 4.69) is 9.24 Å². The lowest BCUT2D eigenvalue weighted by Gasteiger charge is -1.76. The zero-order valence-electron chi connectivity index (χ0n) is 2.94. The molecule has 0 fully saturated rings. The third-order valence-corrected chi connectivity index (χ3v) is 0. The fourth-order valence-electron chi connectivity index (χ4n) is 0. The molecule has 2 atom stereocenters. The molecule has 0 rings (SSSR count). The van der Waals surface area contributed by atoms with Crippen LogP contribution in [-0.2, 0) is 0 Å². The summed E-state index contributed by atoms with van der Waals surface area (Å²) in [5.74, 6) is 0. The zero-order chi connectivity index (χ0) is 3.58. The van der Waals surface area contributed by atoms with Gasteiger partial charge in [-0.15, -0.1) is 33.2 Å². The van der Waals surface area contributed by atoms with Crippen molar-refractivity contribution >= 4 is 33.2 Å². The van der Waals surface area contributed by atoms with E-state index >= 15 is 0 Å². The Morgan fingerprint density at radius 3 is 1.80 bits per heavy atom. The molecule has 0 aromatic heterocycles. The molecule has 0 aliphatic heterocycles. The van der Waals surface area contributed by atoms with Crippen molar-refractivity contribution in [1.29, 1.82) is 0 Å². The normalized spacial score (nSPS) is 12.6. The third-order valence-electron chi connectivity index (χ3n) is 0. The first kappa shape index (κ1) is 9.38. The molecule has 0 aliphatic carbocycles. The van der Waals surface area contributed by atoms with Crippen LogP contribution in [0.25, 0.3) is 0 Å². The predicted molar refractivity (Wildman–Crippen MR) is 32.3 cm³/mol. The Bertz CT molecular complexity index is 12.4. The number of halogens is 2. The van der Waals surface area contributed by atoms with Crippen molar-refractivity contribution < 1.29 is 0 Å². The average Bonchev–Trinajstić information content (AvgIpc) is 0.811. The molecular formula is C2H7Cl2P. The summed E-state index contributed by atoms with van der Waals surface area (Å²) < 4.78 is 0. The summed E-state index contributed by atoms with van der Waals surface area (Å²) in [6, 6.07) is 0. The highest BCUT2D eigenvalue weighted by molar-refractivity contribution is 7.20. The quantitative estimate of drug-likeness (QED) is 0.349. The highest BCUT2D eigenvalue weighted by Gasteiger charge is 1.71. The van der Waals surface area contributed by atoms with Gasteiger partial charge in [0.25, 0.3) is 0 Å². The van der Waals surface area contributed by atoms with Gasteiger partial charge in [-0.25, -0.2) is 0 Å². The second-order valence-corrected chi connectivity index (χ2v) is 2.79. The fraction of sp³-hybridized carbons (Fsp3) is 1.00. The first-order valence-electron chi connectivity index (χ1n) is 1.13. The Kier molecular flexibility index (Phi) is 9.40. The predicted octanol–water partition coefficient (Wildman–Crippen LogP) is 1.87. The Hall–Kier alpha value is 1.01. The minimum atomic E-state index is 0. The van der Waals surface area contributed by atoms with Gasteiger partial charge in [-0.3, -0.25) is 0 Å². The van der Waals surface area contributed by atoms with E-state index in [0.717, 1.165) is 0 Å². The smallest absolute Gasteiger partial charge is 0.0448 e. The van der Waals surface area contributed by atoms with Crippen molar-refractivity contribution in [3.63, 3.8) is 0 Å². The van der Waals surface area contributed by atoms with Gasteiger partial charge in [0.1, 0.15) is 0 Å². The maximum absolute atomic E-state index is 5.24. The van der Waals surface area contributed by atoms with Crippen molar-refractivity contribution in [3.8, 4) is 0 Å². The van der Waals surface area contributed by atoms with Gasteiger partial charge in [0.2, 0.25) is 0 Å². The topological polar surface area (TPSA) is 0 Å². The van der Waals surface area contributed by atoms with Gasteiger partial charge in [-0.05, 0) is 6.92 Å². The Balaban J connectivity index is 0. The van der Waals surface area contributed by atoms with Gasteiger partial charge in [0.15, 0.2) is 0 Å². The summed E-state index contributed by atoms with van der Waals surface area (Å²) >= 11 is 5.24. The molecule has 0 nitrogen and oxygen atoms in total. The number of hydrogen-bond donors (Lipinski definition) is 0. The molecule has 0 aromatic carbocycles. The van der Waals surface area contributed by atoms with E-state index < -0.39 is 0 Å². The molecule has 0 saturated carbocycles. The second kappa shape index (κ2) is 5.01. The van der Waals surface area contributed by atoms with Crippen molar-refractivity contribution in [1.82, 2.24) is 0 Å². The minimum Gasteiger partial charge on any atom is -0.147 e. The number of alkyl halides is 1. The molecule has 0 aromatic rings. The van der Waals surface area contributed by atoms with Crippen molar-refractivity contribution in [2.75, 3.05) is 0 Å². The van der Waals surface area contributed by atoms with Crippen LogP contribution in [0.1, 0.15) is 6.92 Å². The molecule has 0 radical (unpaired) electrons. The maximum Gasteiger partial charge on any atom is 0.0448 e. The van der Waals surface area contributed by atoms with Crippen LogP contribution in [-0.4, -0.2) is 5.12 Å². The van der Waals surface area contributed by atoms with Crippen molar-refractivity contribution in [2.24, 2.45) is 0 Å². The highest BCUT2D eigenvalue weighted by atomic mass is 35.5. The van der Waals surface area contributed by atoms with Gasteiger partial charge in [0.05, 0.1) is 0 Å². The van der Waals surface area contributed by atoms with Gasteiger partial charge in [-0.1, -0.05) is 0 Å². The summed E-state index contributed by atoms with van der Waals surface area (Å²) in [5, 5.41) is 0.222. The molecule has 0 aliphatic rings. The molecule has 0 saturated heterocycles. The van der Waals surface area contributed by atoms with Crippen LogP contribution >= 0.6 is 33.2 Å². The Labute approximate surface area is 45.9 Å². The second-order valence-electron chi connectivity index (χ2n) is 0.678. The van der Waals surface area contributed by atoms with E-state index in [4.69, 9.17) is 11.6 Å². The largest absolute Gasteiger partial charge is 0.147 e. The Morgan fingerprint density at radius 1 is 1.80 bits per heavy atom. The van der Waals surface area contributed by atoms with Gasteiger partial charge < -0.3 is 0 Å². The first-order chi connectivity index (χ1) is 1.73. The lowest BCUT2D eigenvalue weighted by Crippen LogP contribution is -1.61. The summed E-state index contributed by atoms with van der Waals surface area (Å²) in [6.45, 7) is 1.90. The van der Waals surface area contributed by atoms with E-state index in [1.54, 1.807) is 0 Å². The monoisotopic (exact) mass is 132 g/mol. The highest BCUT2D eigenvalue weighted by Crippen LogP contribution is 1.99. The molecular weight excluding hydrogens is 126 g/mol. The molecule has 3 heteroatoms. The third kappa shape index (κ3) is 44.5. The van der Waals surface area contributed by atoms with Crippen molar-refractivity contribution in [3.05, 3.63) is 0 Å². The van der Waals surface area contributed by atoms with Crippen LogP contribution in [0.2, 0.25) is 0 Å². The van der Waals surface area contributed by atoms with Gasteiger partial charge in [0, 0.05) is 5.12 Å². The SMILES string of the molecule is CC(P)Cl.Cl. The molecule has 0 heterocycles. The maximum atomic E-state index is 5.24. The van der Waals surface area contributed by atoms with Gasteiger partial charge in [-0.2, -0.15) is 0 Å². The van der Waals surface area contributed by atoms with Crippen LogP contribution in [0, 0.1) is 0 Å². The molecule has 34 valence electrons. The standard InChI is InChI=1S/C2H6ClP.ClH/c1-2(3)4;/h2H,4H2,1H3;1H. The molecule has 0 amide bonds. The summed E-state index contributed by atoms with van der Waals surface area (Å²) in [4.78, 5) is 0. The molecule has 0 bridgehead atoms. The number of rotatable bonds is 0. The van der Waals surface area contributed by atoms with Crippen molar-refractivity contribution in [2.45, 2.75) is 12.0 Å². The van der Waals surface area contributed by atoms with Crippen LogP contribution in [0.5, 0.6) is 0 Å². The summed E-state index contributed by atoms with van der Waals surface area (Å²) in [7, 11) is 2.42. The van der Waals surface area contributed by atoms with E-state index in [1.807, 2.05) is 6.92 Å². The Morgan fingerprint density at radius 2 is 1.80 bits per heavy atom. The van der Waals surface area contributed by atoms with E-state index in [9.17, 15) is 0 Å². The fourth-order valence-corrected chi connectivity index (χ4v) is 0. The lowest BCUT2D eigenvalue weighted by atomic mass is 11.0. The average molecular weight is 133 g/mol. The summed E-state index contributed by atoms with van der Waals surface area (Å²) in [6.07, 6.45) is 0. The van der Waals surface area contributed by atoms with Crippen LogP contribution < -0.4 is 0 Å². The molecule has 0 spiro atoms. The van der Waals surface area contributed by atoms with Crippen LogP contribution in [0.15, 0.2) is 0 Å². The molecule has 0 N–H and O–H groups in total. The minimum absolute atomic E-state index is 0. The zero-order valence-corrected chi connectivity index (χ0v) is 5.67. The summed E-state index contributed by atoms with van der Waals surface area (Å²) in [5.41, 5.74) is 0. The van der Waals surface area contributed by atoms with Crippen LogP contribution in [0.4, 0.5) is 0 Å². The van der Waals surface area contributed by atoms with E-state index in [0.29, 0.717) is 0 Å².